The van der Waals surface area contributed by atoms with Crippen molar-refractivity contribution < 1.29 is 9.66 Å². The molecule has 0 saturated carbocycles. The molecule has 2 aromatic rings. The summed E-state index contributed by atoms with van der Waals surface area (Å²) in [7, 11) is 0. The quantitative estimate of drug-likeness (QED) is 0.640. The van der Waals surface area contributed by atoms with Gasteiger partial charge in [-0.1, -0.05) is 0 Å². The zero-order valence-corrected chi connectivity index (χ0v) is 12.3. The number of hydrogen-bond acceptors (Lipinski definition) is 5. The van der Waals surface area contributed by atoms with E-state index in [0.29, 0.717) is 11.6 Å². The van der Waals surface area contributed by atoms with Gasteiger partial charge in [-0.15, -0.1) is 0 Å². The summed E-state index contributed by atoms with van der Waals surface area (Å²) in [6, 6.07) is 4.92. The van der Waals surface area contributed by atoms with Crippen LogP contribution in [0, 0.1) is 10.1 Å². The molecule has 4 rings (SSSR count). The van der Waals surface area contributed by atoms with Crippen LogP contribution in [-0.4, -0.2) is 45.2 Å². The molecule has 0 radical (unpaired) electrons. The Labute approximate surface area is 127 Å². The van der Waals surface area contributed by atoms with Crippen molar-refractivity contribution in [2.24, 2.45) is 0 Å². The molecule has 116 valence electrons. The van der Waals surface area contributed by atoms with E-state index in [9.17, 15) is 10.1 Å². The van der Waals surface area contributed by atoms with Gasteiger partial charge in [-0.25, -0.2) is 4.98 Å². The van der Waals surface area contributed by atoms with Crippen LogP contribution in [0.2, 0.25) is 0 Å². The van der Waals surface area contributed by atoms with Crippen LogP contribution in [0.25, 0.3) is 11.0 Å². The Morgan fingerprint density at radius 2 is 2.32 bits per heavy atom. The monoisotopic (exact) mass is 302 g/mol. The van der Waals surface area contributed by atoms with E-state index in [-0.39, 0.29) is 10.6 Å². The average Bonchev–Trinajstić information content (AvgIpc) is 3.13. The number of ether oxygens (including phenoxy) is 1. The molecule has 0 aliphatic carbocycles. The molecule has 1 saturated heterocycles. The maximum absolute atomic E-state index is 10.9. The van der Waals surface area contributed by atoms with Gasteiger partial charge in [-0.2, -0.15) is 0 Å². The van der Waals surface area contributed by atoms with E-state index in [1.807, 2.05) is 0 Å². The van der Waals surface area contributed by atoms with Crippen molar-refractivity contribution in [2.45, 2.75) is 32.0 Å². The number of benzene rings is 1. The number of fused-ring (bicyclic) bond motifs is 3. The van der Waals surface area contributed by atoms with E-state index in [4.69, 9.17) is 4.74 Å². The number of nitro benzene ring substituents is 1. The fourth-order valence-electron chi connectivity index (χ4n) is 3.40. The van der Waals surface area contributed by atoms with Crippen molar-refractivity contribution in [3.8, 4) is 0 Å². The second kappa shape index (κ2) is 5.33. The van der Waals surface area contributed by atoms with Gasteiger partial charge in [0.2, 0.25) is 0 Å². The van der Waals surface area contributed by atoms with Gasteiger partial charge < -0.3 is 9.30 Å². The van der Waals surface area contributed by atoms with Gasteiger partial charge in [0.05, 0.1) is 28.6 Å². The Bertz CT molecular complexity index is 721. The fraction of sp³-hybridized carbons (Fsp3) is 0.533. The first-order chi connectivity index (χ1) is 10.7. The summed E-state index contributed by atoms with van der Waals surface area (Å²) in [6.45, 7) is 4.44. The lowest BCUT2D eigenvalue weighted by Gasteiger charge is -2.29. The first-order valence-corrected chi connectivity index (χ1v) is 7.68. The van der Waals surface area contributed by atoms with Crippen molar-refractivity contribution >= 4 is 16.7 Å². The number of aromatic nitrogens is 2. The van der Waals surface area contributed by atoms with Crippen molar-refractivity contribution in [3.05, 3.63) is 34.1 Å². The van der Waals surface area contributed by atoms with Crippen LogP contribution in [0.3, 0.4) is 0 Å². The van der Waals surface area contributed by atoms with Crippen molar-refractivity contribution in [2.75, 3.05) is 19.7 Å². The molecule has 1 aromatic heterocycles. The van der Waals surface area contributed by atoms with Gasteiger partial charge in [0, 0.05) is 38.4 Å². The maximum Gasteiger partial charge on any atom is 0.271 e. The van der Waals surface area contributed by atoms with Crippen molar-refractivity contribution in [3.63, 3.8) is 0 Å². The predicted molar refractivity (Wildman–Crippen MR) is 80.6 cm³/mol. The number of hydrogen-bond donors (Lipinski definition) is 0. The highest BCUT2D eigenvalue weighted by molar-refractivity contribution is 5.78. The lowest BCUT2D eigenvalue weighted by atomic mass is 10.2. The van der Waals surface area contributed by atoms with Gasteiger partial charge in [-0.05, 0) is 18.9 Å². The molecule has 7 nitrogen and oxygen atoms in total. The Balaban J connectivity index is 1.58. The fourth-order valence-corrected chi connectivity index (χ4v) is 3.40. The SMILES string of the molecule is O=[N+]([O-])c1ccc2c(c1)nc1n2CCN(C[C@H]2CCCO2)C1. The van der Waals surface area contributed by atoms with Crippen LogP contribution in [0.15, 0.2) is 18.2 Å². The van der Waals surface area contributed by atoms with E-state index in [0.717, 1.165) is 57.0 Å². The van der Waals surface area contributed by atoms with Crippen LogP contribution >= 0.6 is 0 Å². The minimum Gasteiger partial charge on any atom is -0.377 e. The molecule has 0 spiro atoms. The highest BCUT2D eigenvalue weighted by Crippen LogP contribution is 2.25. The normalized spacial score (nSPS) is 22.1. The highest BCUT2D eigenvalue weighted by atomic mass is 16.6. The zero-order chi connectivity index (χ0) is 15.1. The van der Waals surface area contributed by atoms with Gasteiger partial charge in [0.15, 0.2) is 0 Å². The third kappa shape index (κ3) is 2.36. The highest BCUT2D eigenvalue weighted by Gasteiger charge is 2.25. The largest absolute Gasteiger partial charge is 0.377 e. The smallest absolute Gasteiger partial charge is 0.271 e. The number of rotatable bonds is 3. The average molecular weight is 302 g/mol. The first kappa shape index (κ1) is 13.7. The van der Waals surface area contributed by atoms with Crippen LogP contribution in [0.1, 0.15) is 18.7 Å². The summed E-state index contributed by atoms with van der Waals surface area (Å²) in [6.07, 6.45) is 2.64. The molecule has 1 fully saturated rings. The van der Waals surface area contributed by atoms with Crippen LogP contribution in [-0.2, 0) is 17.8 Å². The number of non-ortho nitro benzene ring substituents is 1. The Morgan fingerprint density at radius 1 is 1.41 bits per heavy atom. The molecule has 2 aliphatic rings. The molecule has 7 heteroatoms. The van der Waals surface area contributed by atoms with Gasteiger partial charge in [-0.3, -0.25) is 15.0 Å². The molecule has 1 aromatic carbocycles. The molecule has 0 unspecified atom stereocenters. The minimum atomic E-state index is -0.374. The Hall–Kier alpha value is -1.99. The topological polar surface area (TPSA) is 73.4 Å². The second-order valence-electron chi connectivity index (χ2n) is 5.98. The number of imidazole rings is 1. The number of nitro groups is 1. The van der Waals surface area contributed by atoms with Crippen LogP contribution < -0.4 is 0 Å². The van der Waals surface area contributed by atoms with E-state index >= 15 is 0 Å². The second-order valence-corrected chi connectivity index (χ2v) is 5.98. The van der Waals surface area contributed by atoms with Crippen molar-refractivity contribution in [1.29, 1.82) is 0 Å². The molecule has 0 N–H and O–H groups in total. The third-order valence-electron chi connectivity index (χ3n) is 4.51. The van der Waals surface area contributed by atoms with E-state index < -0.39 is 0 Å². The molecule has 0 bridgehead atoms. The Kier molecular flexibility index (Phi) is 3.31. The lowest BCUT2D eigenvalue weighted by Crippen LogP contribution is -2.38. The summed E-state index contributed by atoms with van der Waals surface area (Å²) < 4.78 is 7.87. The summed E-state index contributed by atoms with van der Waals surface area (Å²) >= 11 is 0. The minimum absolute atomic E-state index is 0.0964. The van der Waals surface area contributed by atoms with Crippen LogP contribution in [0.5, 0.6) is 0 Å². The third-order valence-corrected chi connectivity index (χ3v) is 4.51. The van der Waals surface area contributed by atoms with E-state index in [1.54, 1.807) is 18.2 Å². The van der Waals surface area contributed by atoms with E-state index in [2.05, 4.69) is 14.5 Å². The maximum atomic E-state index is 10.9. The summed E-state index contributed by atoms with van der Waals surface area (Å²) in [4.78, 5) is 17.5. The summed E-state index contributed by atoms with van der Waals surface area (Å²) in [5, 5.41) is 10.9. The van der Waals surface area contributed by atoms with Gasteiger partial charge >= 0.3 is 0 Å². The standard InChI is InChI=1S/C15H18N4O3/c20-19(21)11-3-4-14-13(8-11)16-15-10-17(5-6-18(14)15)9-12-2-1-7-22-12/h3-4,8,12H,1-2,5-7,9-10H2/t12-/m1/s1. The van der Waals surface area contributed by atoms with Gasteiger partial charge in [0.25, 0.3) is 5.69 Å². The molecule has 2 aliphatic heterocycles. The summed E-state index contributed by atoms with van der Waals surface area (Å²) in [5.74, 6) is 0.986. The molecular formula is C15H18N4O3. The molecule has 1 atom stereocenters. The van der Waals surface area contributed by atoms with Gasteiger partial charge in [0.1, 0.15) is 5.82 Å². The van der Waals surface area contributed by atoms with E-state index in [1.165, 1.54) is 0 Å². The predicted octanol–water partition coefficient (Wildman–Crippen LogP) is 1.94. The molecular weight excluding hydrogens is 284 g/mol. The summed E-state index contributed by atoms with van der Waals surface area (Å²) in [5.41, 5.74) is 1.79. The molecule has 0 amide bonds. The first-order valence-electron chi connectivity index (χ1n) is 7.68. The number of nitrogens with zero attached hydrogens (tertiary/aromatic N) is 4. The van der Waals surface area contributed by atoms with Crippen molar-refractivity contribution in [1.82, 2.24) is 14.5 Å². The Morgan fingerprint density at radius 3 is 3.09 bits per heavy atom. The molecule has 22 heavy (non-hydrogen) atoms. The van der Waals surface area contributed by atoms with Crippen LogP contribution in [0.4, 0.5) is 5.69 Å². The molecule has 3 heterocycles. The lowest BCUT2D eigenvalue weighted by molar-refractivity contribution is -0.384. The zero-order valence-electron chi connectivity index (χ0n) is 12.3.